The lowest BCUT2D eigenvalue weighted by atomic mass is 9.86. The molecule has 0 fully saturated rings. The monoisotopic (exact) mass is 345 g/mol. The summed E-state index contributed by atoms with van der Waals surface area (Å²) in [5, 5.41) is 13.2. The Bertz CT molecular complexity index is 817. The van der Waals surface area contributed by atoms with Crippen LogP contribution in [0, 0.1) is 5.41 Å². The van der Waals surface area contributed by atoms with E-state index in [1.165, 1.54) is 6.33 Å². The number of aromatic nitrogens is 6. The molecule has 0 amide bonds. The summed E-state index contributed by atoms with van der Waals surface area (Å²) in [6.45, 7) is 6.78. The maximum absolute atomic E-state index is 6.25. The second kappa shape index (κ2) is 6.33. The van der Waals surface area contributed by atoms with E-state index in [2.05, 4.69) is 41.2 Å². The number of hydrogen-bond acceptors (Lipinski definition) is 5. The van der Waals surface area contributed by atoms with Crippen molar-refractivity contribution in [2.45, 2.75) is 33.4 Å². The number of nitrogens with zero attached hydrogens (tertiary/aromatic N) is 6. The molecule has 0 bridgehead atoms. The van der Waals surface area contributed by atoms with Crippen LogP contribution in [-0.2, 0) is 6.54 Å². The minimum atomic E-state index is -0.175. The van der Waals surface area contributed by atoms with Gasteiger partial charge in [0.2, 0.25) is 0 Å². The van der Waals surface area contributed by atoms with Crippen LogP contribution in [0.3, 0.4) is 0 Å². The van der Waals surface area contributed by atoms with Crippen LogP contribution >= 0.6 is 11.6 Å². The molecular formula is C16H20ClN7. The van der Waals surface area contributed by atoms with Gasteiger partial charge in [-0.15, -0.1) is 5.10 Å². The molecule has 0 radical (unpaired) electrons. The summed E-state index contributed by atoms with van der Waals surface area (Å²) in [6.07, 6.45) is 5.01. The van der Waals surface area contributed by atoms with Crippen LogP contribution in [0.15, 0.2) is 37.1 Å². The summed E-state index contributed by atoms with van der Waals surface area (Å²) < 4.78 is 3.45. The van der Waals surface area contributed by atoms with Crippen LogP contribution in [0.4, 0.5) is 0 Å². The molecule has 2 heterocycles. The Kier molecular flexibility index (Phi) is 4.38. The van der Waals surface area contributed by atoms with E-state index < -0.39 is 0 Å². The van der Waals surface area contributed by atoms with Crippen molar-refractivity contribution in [2.75, 3.05) is 0 Å². The Morgan fingerprint density at radius 2 is 2.08 bits per heavy atom. The molecule has 3 aromatic rings. The molecule has 1 aromatic carbocycles. The fourth-order valence-corrected chi connectivity index (χ4v) is 2.53. The van der Waals surface area contributed by atoms with E-state index in [0.717, 1.165) is 16.9 Å². The molecule has 0 saturated carbocycles. The van der Waals surface area contributed by atoms with Gasteiger partial charge in [0.15, 0.2) is 0 Å². The van der Waals surface area contributed by atoms with Crippen molar-refractivity contribution in [1.29, 1.82) is 0 Å². The molecule has 2 N–H and O–H groups in total. The first-order chi connectivity index (χ1) is 11.3. The third-order valence-corrected chi connectivity index (χ3v) is 4.09. The van der Waals surface area contributed by atoms with Gasteiger partial charge in [0, 0.05) is 5.02 Å². The van der Waals surface area contributed by atoms with E-state index in [4.69, 9.17) is 17.3 Å². The zero-order chi connectivity index (χ0) is 17.3. The van der Waals surface area contributed by atoms with E-state index in [-0.39, 0.29) is 11.5 Å². The molecule has 0 saturated heterocycles. The zero-order valence-corrected chi connectivity index (χ0v) is 14.6. The van der Waals surface area contributed by atoms with Gasteiger partial charge in [-0.3, -0.25) is 0 Å². The molecule has 0 aliphatic rings. The van der Waals surface area contributed by atoms with Crippen molar-refractivity contribution in [3.63, 3.8) is 0 Å². The summed E-state index contributed by atoms with van der Waals surface area (Å²) in [6, 6.07) is 5.47. The predicted molar refractivity (Wildman–Crippen MR) is 91.9 cm³/mol. The van der Waals surface area contributed by atoms with Crippen molar-refractivity contribution in [3.05, 3.63) is 53.3 Å². The predicted octanol–water partition coefficient (Wildman–Crippen LogP) is 2.61. The Balaban J connectivity index is 1.89. The molecular weight excluding hydrogens is 326 g/mol. The van der Waals surface area contributed by atoms with Crippen LogP contribution < -0.4 is 5.73 Å². The molecule has 0 aliphatic heterocycles. The van der Waals surface area contributed by atoms with Gasteiger partial charge in [0.05, 0.1) is 30.2 Å². The van der Waals surface area contributed by atoms with Crippen LogP contribution in [0.25, 0.3) is 5.69 Å². The lowest BCUT2D eigenvalue weighted by Gasteiger charge is -2.24. The summed E-state index contributed by atoms with van der Waals surface area (Å²) in [5.41, 5.74) is 8.81. The van der Waals surface area contributed by atoms with Crippen molar-refractivity contribution in [1.82, 2.24) is 29.8 Å². The quantitative estimate of drug-likeness (QED) is 0.785. The topological polar surface area (TPSA) is 87.4 Å². The number of rotatable bonds is 4. The summed E-state index contributed by atoms with van der Waals surface area (Å²) >= 11 is 6.12. The van der Waals surface area contributed by atoms with Gasteiger partial charge in [-0.25, -0.2) is 14.3 Å². The summed E-state index contributed by atoms with van der Waals surface area (Å²) in [5.74, 6) is 0. The van der Waals surface area contributed by atoms with Gasteiger partial charge in [-0.05, 0) is 23.1 Å². The second-order valence-electron chi connectivity index (χ2n) is 6.80. The summed E-state index contributed by atoms with van der Waals surface area (Å²) in [4.78, 5) is 3.99. The van der Waals surface area contributed by atoms with Crippen molar-refractivity contribution < 1.29 is 0 Å². The lowest BCUT2D eigenvalue weighted by Crippen LogP contribution is -2.26. The molecule has 7 nitrogen and oxygen atoms in total. The van der Waals surface area contributed by atoms with Gasteiger partial charge < -0.3 is 5.73 Å². The van der Waals surface area contributed by atoms with Crippen LogP contribution in [0.5, 0.6) is 0 Å². The molecule has 2 aromatic heterocycles. The van der Waals surface area contributed by atoms with Gasteiger partial charge in [-0.1, -0.05) is 43.7 Å². The Morgan fingerprint density at radius 3 is 2.75 bits per heavy atom. The standard InChI is InChI=1S/C16H20ClN7/c1-16(2,3)15(18)13-8-23(22-21-13)7-11-4-5-12(17)6-14(11)24-10-19-9-20-24/h4-6,8-10,15H,7,18H2,1-3H3/t15-/m0/s1. The van der Waals surface area contributed by atoms with Gasteiger partial charge in [0.1, 0.15) is 12.7 Å². The number of halogens is 1. The fraction of sp³-hybridized carbons (Fsp3) is 0.375. The third-order valence-electron chi connectivity index (χ3n) is 3.85. The van der Waals surface area contributed by atoms with E-state index >= 15 is 0 Å². The smallest absolute Gasteiger partial charge is 0.138 e. The highest BCUT2D eigenvalue weighted by Crippen LogP contribution is 2.29. The highest BCUT2D eigenvalue weighted by atomic mass is 35.5. The van der Waals surface area contributed by atoms with Crippen LogP contribution in [0.1, 0.15) is 38.1 Å². The Labute approximate surface area is 145 Å². The number of benzene rings is 1. The van der Waals surface area contributed by atoms with E-state index in [9.17, 15) is 0 Å². The SMILES string of the molecule is CC(C)(C)[C@@H](N)c1cn(Cc2ccc(Cl)cc2-n2cncn2)nn1. The second-order valence-corrected chi connectivity index (χ2v) is 7.23. The molecule has 1 atom stereocenters. The highest BCUT2D eigenvalue weighted by molar-refractivity contribution is 6.30. The first-order valence-electron chi connectivity index (χ1n) is 7.63. The average molecular weight is 346 g/mol. The van der Waals surface area contributed by atoms with E-state index in [1.54, 1.807) is 15.7 Å². The third kappa shape index (κ3) is 3.47. The zero-order valence-electron chi connectivity index (χ0n) is 13.9. The van der Waals surface area contributed by atoms with E-state index in [0.29, 0.717) is 11.6 Å². The minimum Gasteiger partial charge on any atom is -0.322 e. The van der Waals surface area contributed by atoms with E-state index in [1.807, 2.05) is 24.4 Å². The molecule has 8 heteroatoms. The number of hydrogen-bond donors (Lipinski definition) is 1. The van der Waals surface area contributed by atoms with Gasteiger partial charge >= 0.3 is 0 Å². The largest absolute Gasteiger partial charge is 0.322 e. The van der Waals surface area contributed by atoms with Crippen molar-refractivity contribution in [3.8, 4) is 5.69 Å². The molecule has 0 aliphatic carbocycles. The molecule has 24 heavy (non-hydrogen) atoms. The maximum Gasteiger partial charge on any atom is 0.138 e. The van der Waals surface area contributed by atoms with Crippen molar-refractivity contribution in [2.24, 2.45) is 11.1 Å². The average Bonchev–Trinajstić information content (AvgIpc) is 3.19. The Morgan fingerprint density at radius 1 is 1.29 bits per heavy atom. The molecule has 0 unspecified atom stereocenters. The molecule has 0 spiro atoms. The summed E-state index contributed by atoms with van der Waals surface area (Å²) in [7, 11) is 0. The van der Waals surface area contributed by atoms with Crippen molar-refractivity contribution >= 4 is 11.6 Å². The Hall–Kier alpha value is -2.25. The first-order valence-corrected chi connectivity index (χ1v) is 8.01. The highest BCUT2D eigenvalue weighted by Gasteiger charge is 2.25. The van der Waals surface area contributed by atoms with Gasteiger partial charge in [0.25, 0.3) is 0 Å². The molecule has 126 valence electrons. The van der Waals surface area contributed by atoms with Crippen LogP contribution in [-0.4, -0.2) is 29.8 Å². The number of nitrogens with two attached hydrogens (primary N) is 1. The fourth-order valence-electron chi connectivity index (χ4n) is 2.37. The van der Waals surface area contributed by atoms with Crippen LogP contribution in [0.2, 0.25) is 5.02 Å². The lowest BCUT2D eigenvalue weighted by molar-refractivity contribution is 0.321. The molecule has 3 rings (SSSR count). The maximum atomic E-state index is 6.25. The normalized spacial score (nSPS) is 13.2. The first kappa shape index (κ1) is 16.6. The minimum absolute atomic E-state index is 0.0764. The van der Waals surface area contributed by atoms with Gasteiger partial charge in [-0.2, -0.15) is 5.10 Å².